The second-order valence-electron chi connectivity index (χ2n) is 3.62. The summed E-state index contributed by atoms with van der Waals surface area (Å²) in [6.45, 7) is 1.72. The zero-order valence-corrected chi connectivity index (χ0v) is 11.0. The maximum absolute atomic E-state index is 11.1. The van der Waals surface area contributed by atoms with Crippen molar-refractivity contribution in [3.63, 3.8) is 0 Å². The summed E-state index contributed by atoms with van der Waals surface area (Å²) in [5, 5.41) is 5.31. The molecule has 0 saturated heterocycles. The van der Waals surface area contributed by atoms with Crippen molar-refractivity contribution in [2.75, 3.05) is 18.3 Å². The number of hydrogen-bond acceptors (Lipinski definition) is 3. The Labute approximate surface area is 110 Å². The van der Waals surface area contributed by atoms with Gasteiger partial charge in [-0.2, -0.15) is 0 Å². The first-order valence-electron chi connectivity index (χ1n) is 5.34. The van der Waals surface area contributed by atoms with Gasteiger partial charge in [-0.1, -0.05) is 0 Å². The molecule has 0 aliphatic rings. The Morgan fingerprint density at radius 2 is 2.11 bits per heavy atom. The highest BCUT2D eigenvalue weighted by molar-refractivity contribution is 6.27. The van der Waals surface area contributed by atoms with E-state index in [4.69, 9.17) is 16.3 Å². The summed E-state index contributed by atoms with van der Waals surface area (Å²) in [5.41, 5.74) is 1.42. The highest BCUT2D eigenvalue weighted by Gasteiger charge is 2.07. The van der Waals surface area contributed by atoms with Crippen LogP contribution in [-0.2, 0) is 16.1 Å². The van der Waals surface area contributed by atoms with Crippen molar-refractivity contribution in [1.29, 1.82) is 0 Å². The van der Waals surface area contributed by atoms with E-state index in [-0.39, 0.29) is 17.7 Å². The number of nitrogens with one attached hydrogen (secondary N) is 2. The van der Waals surface area contributed by atoms with Gasteiger partial charge in [0.05, 0.1) is 7.11 Å². The van der Waals surface area contributed by atoms with Crippen molar-refractivity contribution in [2.45, 2.75) is 13.5 Å². The van der Waals surface area contributed by atoms with Gasteiger partial charge in [0.25, 0.3) is 0 Å². The van der Waals surface area contributed by atoms with E-state index in [2.05, 4.69) is 10.6 Å². The van der Waals surface area contributed by atoms with Crippen LogP contribution in [0.3, 0.4) is 0 Å². The number of anilines is 1. The van der Waals surface area contributed by atoms with E-state index in [0.717, 1.165) is 5.56 Å². The van der Waals surface area contributed by atoms with E-state index in [1.165, 1.54) is 6.92 Å². The number of methoxy groups -OCH3 is 1. The first-order chi connectivity index (χ1) is 8.56. The molecule has 1 aromatic rings. The number of carbonyl (C=O) groups excluding carboxylic acids is 2. The first-order valence-corrected chi connectivity index (χ1v) is 5.87. The van der Waals surface area contributed by atoms with Gasteiger partial charge in [0.1, 0.15) is 11.6 Å². The zero-order valence-electron chi connectivity index (χ0n) is 10.2. The lowest BCUT2D eigenvalue weighted by molar-refractivity contribution is -0.119. The van der Waals surface area contributed by atoms with Crippen LogP contribution in [0.15, 0.2) is 18.2 Å². The maximum atomic E-state index is 11.1. The van der Waals surface area contributed by atoms with Gasteiger partial charge < -0.3 is 15.4 Å². The fourth-order valence-corrected chi connectivity index (χ4v) is 1.53. The minimum Gasteiger partial charge on any atom is -0.496 e. The third-order valence-electron chi connectivity index (χ3n) is 2.20. The smallest absolute Gasteiger partial charge is 0.235 e. The Hall–Kier alpha value is -1.75. The molecule has 0 saturated carbocycles. The van der Waals surface area contributed by atoms with E-state index in [1.54, 1.807) is 25.3 Å². The van der Waals surface area contributed by atoms with Crippen molar-refractivity contribution in [2.24, 2.45) is 0 Å². The van der Waals surface area contributed by atoms with Gasteiger partial charge in [-0.05, 0) is 18.2 Å². The topological polar surface area (TPSA) is 67.4 Å². The van der Waals surface area contributed by atoms with Crippen molar-refractivity contribution in [1.82, 2.24) is 5.32 Å². The number of halogens is 1. The molecule has 98 valence electrons. The molecule has 1 rings (SSSR count). The third-order valence-corrected chi connectivity index (χ3v) is 2.44. The van der Waals surface area contributed by atoms with Crippen molar-refractivity contribution < 1.29 is 14.3 Å². The summed E-state index contributed by atoms with van der Waals surface area (Å²) in [4.78, 5) is 22.1. The molecule has 0 spiro atoms. The molecule has 2 N–H and O–H groups in total. The predicted octanol–water partition coefficient (Wildman–Crippen LogP) is 1.51. The van der Waals surface area contributed by atoms with E-state index in [1.807, 2.05) is 0 Å². The molecule has 18 heavy (non-hydrogen) atoms. The number of hydrogen-bond donors (Lipinski definition) is 2. The van der Waals surface area contributed by atoms with Gasteiger partial charge in [0.15, 0.2) is 0 Å². The van der Waals surface area contributed by atoms with E-state index < -0.39 is 0 Å². The van der Waals surface area contributed by atoms with Crippen molar-refractivity contribution >= 4 is 29.1 Å². The van der Waals surface area contributed by atoms with Crippen molar-refractivity contribution in [3.8, 4) is 5.75 Å². The molecule has 0 unspecified atom stereocenters. The molecular formula is C12H15ClN2O3. The summed E-state index contributed by atoms with van der Waals surface area (Å²) < 4.78 is 5.17. The fraction of sp³-hybridized carbons (Fsp3) is 0.333. The molecule has 0 aliphatic carbocycles. The molecule has 0 heterocycles. The Morgan fingerprint density at radius 3 is 2.67 bits per heavy atom. The Bertz CT molecular complexity index is 449. The summed E-state index contributed by atoms with van der Waals surface area (Å²) in [6, 6.07) is 5.20. The van der Waals surface area contributed by atoms with Gasteiger partial charge in [0, 0.05) is 24.7 Å². The van der Waals surface area contributed by atoms with Crippen LogP contribution in [-0.4, -0.2) is 24.8 Å². The molecule has 0 radical (unpaired) electrons. The summed E-state index contributed by atoms with van der Waals surface area (Å²) in [5.74, 6) is 0.131. The number of rotatable bonds is 5. The second-order valence-corrected chi connectivity index (χ2v) is 3.89. The molecule has 0 aliphatic heterocycles. The monoisotopic (exact) mass is 270 g/mol. The van der Waals surface area contributed by atoms with E-state index in [0.29, 0.717) is 18.0 Å². The Morgan fingerprint density at radius 1 is 1.39 bits per heavy atom. The third kappa shape index (κ3) is 4.25. The van der Waals surface area contributed by atoms with Crippen LogP contribution in [0.4, 0.5) is 5.69 Å². The normalized spacial score (nSPS) is 9.72. The molecule has 2 amide bonds. The number of ether oxygens (including phenoxy) is 1. The average molecular weight is 271 g/mol. The number of carbonyl (C=O) groups is 2. The van der Waals surface area contributed by atoms with E-state index in [9.17, 15) is 9.59 Å². The SMILES string of the molecule is COc1ccc(NC(C)=O)cc1CNC(=O)CCl. The Kier molecular flexibility index (Phi) is 5.45. The van der Waals surface area contributed by atoms with Gasteiger partial charge in [0.2, 0.25) is 11.8 Å². The minimum absolute atomic E-state index is 0.0896. The molecule has 0 atom stereocenters. The summed E-state index contributed by atoms with van der Waals surface area (Å²) >= 11 is 5.39. The highest BCUT2D eigenvalue weighted by Crippen LogP contribution is 2.22. The standard InChI is InChI=1S/C12H15ClN2O3/c1-8(16)15-10-3-4-11(18-2)9(5-10)7-14-12(17)6-13/h3-5H,6-7H2,1-2H3,(H,14,17)(H,15,16). The first kappa shape index (κ1) is 14.3. The molecular weight excluding hydrogens is 256 g/mol. The van der Waals surface area contributed by atoms with Gasteiger partial charge in [-0.25, -0.2) is 0 Å². The van der Waals surface area contributed by atoms with Gasteiger partial charge >= 0.3 is 0 Å². The van der Waals surface area contributed by atoms with Crippen molar-refractivity contribution in [3.05, 3.63) is 23.8 Å². The van der Waals surface area contributed by atoms with Crippen LogP contribution in [0, 0.1) is 0 Å². The molecule has 5 nitrogen and oxygen atoms in total. The number of amides is 2. The lowest BCUT2D eigenvalue weighted by Crippen LogP contribution is -2.24. The second kappa shape index (κ2) is 6.86. The largest absolute Gasteiger partial charge is 0.496 e. The van der Waals surface area contributed by atoms with Crippen LogP contribution >= 0.6 is 11.6 Å². The molecule has 6 heteroatoms. The highest BCUT2D eigenvalue weighted by atomic mass is 35.5. The molecule has 1 aromatic carbocycles. The van der Waals surface area contributed by atoms with Gasteiger partial charge in [-0.3, -0.25) is 9.59 Å². The predicted molar refractivity (Wildman–Crippen MR) is 69.9 cm³/mol. The summed E-state index contributed by atoms with van der Waals surface area (Å²) in [6.07, 6.45) is 0. The molecule has 0 aromatic heterocycles. The number of benzene rings is 1. The van der Waals surface area contributed by atoms with Crippen LogP contribution in [0.1, 0.15) is 12.5 Å². The minimum atomic E-state index is -0.261. The quantitative estimate of drug-likeness (QED) is 0.797. The summed E-state index contributed by atoms with van der Waals surface area (Å²) in [7, 11) is 1.54. The lowest BCUT2D eigenvalue weighted by Gasteiger charge is -2.11. The fourth-order valence-electron chi connectivity index (χ4n) is 1.44. The lowest BCUT2D eigenvalue weighted by atomic mass is 10.1. The zero-order chi connectivity index (χ0) is 13.5. The Balaban J connectivity index is 2.84. The van der Waals surface area contributed by atoms with Crippen LogP contribution in [0.25, 0.3) is 0 Å². The number of alkyl halides is 1. The molecule has 0 fully saturated rings. The van der Waals surface area contributed by atoms with E-state index >= 15 is 0 Å². The average Bonchev–Trinajstić information content (AvgIpc) is 2.35. The van der Waals surface area contributed by atoms with Crippen LogP contribution in [0.5, 0.6) is 5.75 Å². The van der Waals surface area contributed by atoms with Gasteiger partial charge in [-0.15, -0.1) is 11.6 Å². The van der Waals surface area contributed by atoms with Crippen LogP contribution in [0.2, 0.25) is 0 Å². The maximum Gasteiger partial charge on any atom is 0.235 e. The molecule has 0 bridgehead atoms. The van der Waals surface area contributed by atoms with Crippen LogP contribution < -0.4 is 15.4 Å².